The summed E-state index contributed by atoms with van der Waals surface area (Å²) in [6, 6.07) is 2.43. The minimum Gasteiger partial charge on any atom is -0.444 e. The van der Waals surface area contributed by atoms with Crippen LogP contribution in [-0.2, 0) is 17.8 Å². The highest BCUT2D eigenvalue weighted by Gasteiger charge is 2.36. The van der Waals surface area contributed by atoms with Gasteiger partial charge in [-0.2, -0.15) is 10.2 Å². The molecule has 10 nitrogen and oxygen atoms in total. The first-order valence-corrected chi connectivity index (χ1v) is 11.8. The molecule has 3 aliphatic rings. The highest BCUT2D eigenvalue weighted by atomic mass is 16.6. The molecule has 4 rings (SSSR count). The molecule has 2 atom stereocenters. The first kappa shape index (κ1) is 23.5. The van der Waals surface area contributed by atoms with Crippen molar-refractivity contribution in [2.24, 2.45) is 0 Å². The molecule has 3 aliphatic heterocycles. The second-order valence-electron chi connectivity index (χ2n) is 10.2. The molecule has 0 aliphatic carbocycles. The van der Waals surface area contributed by atoms with Crippen LogP contribution in [0.2, 0.25) is 0 Å². The van der Waals surface area contributed by atoms with E-state index in [-0.39, 0.29) is 24.8 Å². The van der Waals surface area contributed by atoms with Crippen LogP contribution in [0.3, 0.4) is 0 Å². The molecule has 2 saturated heterocycles. The lowest BCUT2D eigenvalue weighted by Crippen LogP contribution is -2.52. The minimum absolute atomic E-state index is 0.0121. The molecule has 0 spiro atoms. The van der Waals surface area contributed by atoms with E-state index in [4.69, 9.17) is 14.7 Å². The van der Waals surface area contributed by atoms with Crippen LogP contribution in [-0.4, -0.2) is 88.5 Å². The summed E-state index contributed by atoms with van der Waals surface area (Å²) in [5, 5.41) is 19.1. The van der Waals surface area contributed by atoms with Gasteiger partial charge in [-0.05, 0) is 40.7 Å². The summed E-state index contributed by atoms with van der Waals surface area (Å²) >= 11 is 0. The Balaban J connectivity index is 1.67. The van der Waals surface area contributed by atoms with Crippen molar-refractivity contribution in [3.8, 4) is 6.07 Å². The third-order valence-corrected chi connectivity index (χ3v) is 6.65. The number of carbonyl (C=O) groups is 1. The van der Waals surface area contributed by atoms with Gasteiger partial charge in [0.15, 0.2) is 0 Å². The lowest BCUT2D eigenvalue weighted by molar-refractivity contribution is 0.0240. The quantitative estimate of drug-likeness (QED) is 0.723. The molecule has 0 saturated carbocycles. The number of likely N-dealkylation sites (N-methyl/N-ethyl adjacent to an activating group) is 1. The van der Waals surface area contributed by atoms with E-state index in [1.807, 2.05) is 20.8 Å². The van der Waals surface area contributed by atoms with Crippen LogP contribution < -0.4 is 9.80 Å². The first-order chi connectivity index (χ1) is 15.7. The molecule has 180 valence electrons. The van der Waals surface area contributed by atoms with E-state index in [2.05, 4.69) is 27.8 Å². The van der Waals surface area contributed by atoms with Gasteiger partial charge in [0.1, 0.15) is 11.4 Å². The van der Waals surface area contributed by atoms with Gasteiger partial charge in [0.2, 0.25) is 5.95 Å². The summed E-state index contributed by atoms with van der Waals surface area (Å²) in [4.78, 5) is 30.8. The number of ether oxygens (including phenoxy) is 1. The number of nitriles is 1. The molecular weight excluding hydrogens is 422 g/mol. The number of nitrogens with zero attached hydrogens (tertiary/aromatic N) is 7. The van der Waals surface area contributed by atoms with E-state index in [0.29, 0.717) is 32.0 Å². The average Bonchev–Trinajstić information content (AvgIpc) is 3.40. The van der Waals surface area contributed by atoms with Gasteiger partial charge in [-0.25, -0.2) is 9.78 Å². The van der Waals surface area contributed by atoms with E-state index in [1.54, 1.807) is 4.90 Å². The molecule has 0 aromatic carbocycles. The van der Waals surface area contributed by atoms with E-state index in [0.717, 1.165) is 49.6 Å². The van der Waals surface area contributed by atoms with Crippen LogP contribution in [0.15, 0.2) is 0 Å². The van der Waals surface area contributed by atoms with Gasteiger partial charge >= 0.3 is 6.09 Å². The Morgan fingerprint density at radius 1 is 1.21 bits per heavy atom. The number of rotatable bonds is 4. The monoisotopic (exact) mass is 457 g/mol. The molecule has 4 heterocycles. The van der Waals surface area contributed by atoms with E-state index in [9.17, 15) is 15.2 Å². The van der Waals surface area contributed by atoms with Crippen LogP contribution in [0, 0.1) is 11.3 Å². The summed E-state index contributed by atoms with van der Waals surface area (Å²) < 4.78 is 5.60. The molecule has 10 heteroatoms. The molecule has 1 N–H and O–H groups in total. The number of fused-ring (bicyclic) bond motifs is 1. The fourth-order valence-corrected chi connectivity index (χ4v) is 4.82. The predicted octanol–water partition coefficient (Wildman–Crippen LogP) is 1.72. The maximum atomic E-state index is 12.8. The van der Waals surface area contributed by atoms with Gasteiger partial charge < -0.3 is 19.6 Å². The lowest BCUT2D eigenvalue weighted by Gasteiger charge is -2.40. The molecule has 33 heavy (non-hydrogen) atoms. The normalized spacial score (nSPS) is 23.6. The van der Waals surface area contributed by atoms with Gasteiger partial charge in [0.05, 0.1) is 43.9 Å². The Labute approximate surface area is 195 Å². The number of aliphatic hydroxyl groups is 1. The fourth-order valence-electron chi connectivity index (χ4n) is 4.82. The lowest BCUT2D eigenvalue weighted by atomic mass is 10.1. The number of carbonyl (C=O) groups excluding carboxylic acids is 1. The van der Waals surface area contributed by atoms with Crippen molar-refractivity contribution in [3.63, 3.8) is 0 Å². The smallest absolute Gasteiger partial charge is 0.410 e. The Bertz CT molecular complexity index is 926. The summed E-state index contributed by atoms with van der Waals surface area (Å²) in [7, 11) is 2.05. The molecule has 2 fully saturated rings. The highest BCUT2D eigenvalue weighted by molar-refractivity contribution is 5.70. The maximum absolute atomic E-state index is 12.8. The molecular formula is C23H35N7O3. The van der Waals surface area contributed by atoms with E-state index >= 15 is 0 Å². The van der Waals surface area contributed by atoms with E-state index in [1.165, 1.54) is 0 Å². The largest absolute Gasteiger partial charge is 0.444 e. The molecule has 1 amide bonds. The zero-order valence-electron chi connectivity index (χ0n) is 20.1. The fraction of sp³-hybridized carbons (Fsp3) is 0.739. The second-order valence-corrected chi connectivity index (χ2v) is 10.2. The first-order valence-electron chi connectivity index (χ1n) is 11.8. The topological polar surface area (TPSA) is 109 Å². The number of aliphatic hydroxyl groups excluding tert-OH is 1. The number of anilines is 2. The molecule has 1 aromatic rings. The zero-order chi connectivity index (χ0) is 23.8. The average molecular weight is 458 g/mol. The summed E-state index contributed by atoms with van der Waals surface area (Å²) in [5.41, 5.74) is 1.21. The van der Waals surface area contributed by atoms with Gasteiger partial charge in [-0.3, -0.25) is 9.80 Å². The van der Waals surface area contributed by atoms with Gasteiger partial charge in [-0.1, -0.05) is 0 Å². The van der Waals surface area contributed by atoms with Crippen molar-refractivity contribution in [2.75, 3.05) is 49.6 Å². The van der Waals surface area contributed by atoms with Gasteiger partial charge in [0, 0.05) is 37.8 Å². The van der Waals surface area contributed by atoms with Crippen LogP contribution in [0.25, 0.3) is 0 Å². The van der Waals surface area contributed by atoms with Crippen molar-refractivity contribution in [1.29, 1.82) is 5.26 Å². The summed E-state index contributed by atoms with van der Waals surface area (Å²) in [5.74, 6) is 1.45. The Hall–Kier alpha value is -2.64. The van der Waals surface area contributed by atoms with Crippen molar-refractivity contribution in [3.05, 3.63) is 11.3 Å². The molecule has 0 unspecified atom stereocenters. The van der Waals surface area contributed by atoms with E-state index < -0.39 is 5.60 Å². The van der Waals surface area contributed by atoms with Crippen molar-refractivity contribution >= 4 is 17.9 Å². The van der Waals surface area contributed by atoms with Crippen LogP contribution >= 0.6 is 0 Å². The number of hydrogen-bond acceptors (Lipinski definition) is 9. The molecule has 1 aromatic heterocycles. The third-order valence-electron chi connectivity index (χ3n) is 6.65. The Morgan fingerprint density at radius 3 is 2.70 bits per heavy atom. The number of piperazine rings is 1. The Kier molecular flexibility index (Phi) is 6.64. The van der Waals surface area contributed by atoms with Gasteiger partial charge in [-0.15, -0.1) is 0 Å². The van der Waals surface area contributed by atoms with Crippen molar-refractivity contribution in [2.45, 2.75) is 70.8 Å². The molecule has 0 radical (unpaired) electrons. The predicted molar refractivity (Wildman–Crippen MR) is 124 cm³/mol. The van der Waals surface area contributed by atoms with Crippen LogP contribution in [0.1, 0.15) is 51.3 Å². The number of aromatic nitrogens is 2. The van der Waals surface area contributed by atoms with Crippen LogP contribution in [0.4, 0.5) is 16.6 Å². The number of hydrogen-bond donors (Lipinski definition) is 1. The zero-order valence-corrected chi connectivity index (χ0v) is 20.1. The van der Waals surface area contributed by atoms with Gasteiger partial charge in [0.25, 0.3) is 0 Å². The second kappa shape index (κ2) is 9.31. The van der Waals surface area contributed by atoms with Crippen molar-refractivity contribution < 1.29 is 14.6 Å². The SMILES string of the molecule is CN1CCN(c2nc(N3CCC[C@H]3CO)nc3c2CN(C(=O)OC(C)(C)C)C3)C[C@@H]1CC#N. The summed E-state index contributed by atoms with van der Waals surface area (Å²) in [6.45, 7) is 9.55. The maximum Gasteiger partial charge on any atom is 0.410 e. The minimum atomic E-state index is -0.572. The van der Waals surface area contributed by atoms with Crippen LogP contribution in [0.5, 0.6) is 0 Å². The molecule has 0 bridgehead atoms. The Morgan fingerprint density at radius 2 is 2.00 bits per heavy atom. The highest BCUT2D eigenvalue weighted by Crippen LogP contribution is 2.34. The third kappa shape index (κ3) is 4.99. The number of amides is 1. The van der Waals surface area contributed by atoms with Crippen molar-refractivity contribution in [1.82, 2.24) is 19.8 Å². The standard InChI is InChI=1S/C23H35N7O3/c1-23(2,3)33-22(32)29-13-18-19(14-29)25-21(30-9-5-6-17(30)15-31)26-20(18)28-11-10-27(4)16(12-28)7-8-24/h16-17,31H,5-7,9-15H2,1-4H3/t16-,17-/m0/s1. The summed E-state index contributed by atoms with van der Waals surface area (Å²) in [6.07, 6.45) is 2.00.